The molecule has 0 fully saturated rings. The van der Waals surface area contributed by atoms with Gasteiger partial charge in [-0.1, -0.05) is 54.4 Å². The van der Waals surface area contributed by atoms with E-state index in [-0.39, 0.29) is 29.6 Å². The number of carbonyl (C=O) groups is 2. The molecule has 11 heteroatoms. The molecule has 3 aromatic rings. The average Bonchev–Trinajstić information content (AvgIpc) is 2.89. The summed E-state index contributed by atoms with van der Waals surface area (Å²) in [4.78, 5) is 28.4. The number of hydrogen-bond donors (Lipinski definition) is 1. The number of carbonyl (C=O) groups excluding carboxylic acids is 2. The SMILES string of the molecule is CC[C@@H](C(=O)NC(C)C)N(Cc1c(Cl)cccc1Cl)C(=O)CN(c1ccc(F)cc1)S(=O)(=O)c1ccccc1. The minimum atomic E-state index is -4.25. The second kappa shape index (κ2) is 13.3. The lowest BCUT2D eigenvalue weighted by Crippen LogP contribution is -2.53. The van der Waals surface area contributed by atoms with Crippen LogP contribution < -0.4 is 9.62 Å². The van der Waals surface area contributed by atoms with Crippen LogP contribution in [0, 0.1) is 5.82 Å². The molecule has 0 aliphatic carbocycles. The summed E-state index contributed by atoms with van der Waals surface area (Å²) in [6.07, 6.45) is 0.244. The number of rotatable bonds is 11. The average molecular weight is 595 g/mol. The van der Waals surface area contributed by atoms with E-state index >= 15 is 0 Å². The maximum absolute atomic E-state index is 14.0. The Morgan fingerprint density at radius 3 is 2.05 bits per heavy atom. The van der Waals surface area contributed by atoms with Crippen LogP contribution in [-0.2, 0) is 26.2 Å². The summed E-state index contributed by atoms with van der Waals surface area (Å²) in [6, 6.07) is 16.1. The molecule has 0 spiro atoms. The lowest BCUT2D eigenvalue weighted by Gasteiger charge is -2.34. The van der Waals surface area contributed by atoms with Gasteiger partial charge in [0.25, 0.3) is 10.0 Å². The van der Waals surface area contributed by atoms with Crippen molar-refractivity contribution in [2.24, 2.45) is 0 Å². The van der Waals surface area contributed by atoms with Crippen LogP contribution in [-0.4, -0.2) is 43.8 Å². The Morgan fingerprint density at radius 2 is 1.51 bits per heavy atom. The van der Waals surface area contributed by atoms with E-state index in [2.05, 4.69) is 5.32 Å². The Balaban J connectivity index is 2.09. The van der Waals surface area contributed by atoms with Gasteiger partial charge in [-0.05, 0) is 68.8 Å². The van der Waals surface area contributed by atoms with Gasteiger partial charge in [0.15, 0.2) is 0 Å². The van der Waals surface area contributed by atoms with Gasteiger partial charge in [0.05, 0.1) is 10.6 Å². The molecule has 7 nitrogen and oxygen atoms in total. The van der Waals surface area contributed by atoms with Crippen molar-refractivity contribution in [1.82, 2.24) is 10.2 Å². The molecular formula is C28H30Cl2FN3O4S. The first-order chi connectivity index (χ1) is 18.4. The topological polar surface area (TPSA) is 86.8 Å². The fourth-order valence-electron chi connectivity index (χ4n) is 4.01. The number of nitrogens with one attached hydrogen (secondary N) is 1. The number of halogens is 3. The summed E-state index contributed by atoms with van der Waals surface area (Å²) in [5.41, 5.74) is 0.508. The zero-order chi connectivity index (χ0) is 28.7. The Bertz CT molecular complexity index is 1380. The van der Waals surface area contributed by atoms with Crippen molar-refractivity contribution in [3.05, 3.63) is 94.2 Å². The normalized spacial score (nSPS) is 12.2. The van der Waals surface area contributed by atoms with Gasteiger partial charge < -0.3 is 10.2 Å². The molecule has 0 saturated carbocycles. The van der Waals surface area contributed by atoms with Crippen LogP contribution in [0.4, 0.5) is 10.1 Å². The van der Waals surface area contributed by atoms with E-state index < -0.39 is 40.2 Å². The largest absolute Gasteiger partial charge is 0.352 e. The summed E-state index contributed by atoms with van der Waals surface area (Å²) in [5.74, 6) is -1.63. The highest BCUT2D eigenvalue weighted by Gasteiger charge is 2.34. The molecule has 0 radical (unpaired) electrons. The molecule has 1 N–H and O–H groups in total. The zero-order valence-corrected chi connectivity index (χ0v) is 24.1. The highest BCUT2D eigenvalue weighted by atomic mass is 35.5. The Labute approximate surface area is 238 Å². The van der Waals surface area contributed by atoms with Crippen LogP contribution in [0.3, 0.4) is 0 Å². The predicted molar refractivity (Wildman–Crippen MR) is 152 cm³/mol. The van der Waals surface area contributed by atoms with Crippen molar-refractivity contribution in [3.63, 3.8) is 0 Å². The monoisotopic (exact) mass is 593 g/mol. The third kappa shape index (κ3) is 7.50. The van der Waals surface area contributed by atoms with Crippen molar-refractivity contribution in [1.29, 1.82) is 0 Å². The second-order valence-electron chi connectivity index (χ2n) is 9.11. The molecule has 208 valence electrons. The number of anilines is 1. The molecule has 3 aromatic carbocycles. The first kappa shape index (κ1) is 30.4. The van der Waals surface area contributed by atoms with Gasteiger partial charge >= 0.3 is 0 Å². The third-order valence-electron chi connectivity index (χ3n) is 5.93. The number of amides is 2. The van der Waals surface area contributed by atoms with Crippen LogP contribution in [0.25, 0.3) is 0 Å². The number of hydrogen-bond acceptors (Lipinski definition) is 4. The number of benzene rings is 3. The van der Waals surface area contributed by atoms with Gasteiger partial charge in [-0.25, -0.2) is 12.8 Å². The van der Waals surface area contributed by atoms with Gasteiger partial charge in [0, 0.05) is 28.2 Å². The predicted octanol–water partition coefficient (Wildman–Crippen LogP) is 5.66. The molecule has 0 aromatic heterocycles. The van der Waals surface area contributed by atoms with E-state index in [9.17, 15) is 22.4 Å². The minimum Gasteiger partial charge on any atom is -0.352 e. The van der Waals surface area contributed by atoms with E-state index in [0.717, 1.165) is 16.4 Å². The van der Waals surface area contributed by atoms with Gasteiger partial charge in [-0.3, -0.25) is 13.9 Å². The highest BCUT2D eigenvalue weighted by Crippen LogP contribution is 2.29. The van der Waals surface area contributed by atoms with Gasteiger partial charge in [0.1, 0.15) is 18.4 Å². The standard InChI is InChI=1S/C28H30Cl2FN3O4S/c1-4-26(28(36)32-19(2)3)33(17-23-24(29)11-8-12-25(23)30)27(35)18-34(21-15-13-20(31)14-16-21)39(37,38)22-9-6-5-7-10-22/h5-16,19,26H,4,17-18H2,1-3H3,(H,32,36)/t26-/m0/s1. The van der Waals surface area contributed by atoms with E-state index in [1.54, 1.807) is 57.2 Å². The molecule has 2 amide bonds. The smallest absolute Gasteiger partial charge is 0.264 e. The molecule has 1 atom stereocenters. The van der Waals surface area contributed by atoms with Gasteiger partial charge in [0.2, 0.25) is 11.8 Å². The Hall–Kier alpha value is -3.14. The fourth-order valence-corrected chi connectivity index (χ4v) is 5.96. The minimum absolute atomic E-state index is 0.0487. The summed E-state index contributed by atoms with van der Waals surface area (Å²) in [6.45, 7) is 4.55. The second-order valence-corrected chi connectivity index (χ2v) is 11.8. The molecule has 0 saturated heterocycles. The van der Waals surface area contributed by atoms with E-state index in [4.69, 9.17) is 23.2 Å². The first-order valence-corrected chi connectivity index (χ1v) is 14.5. The summed E-state index contributed by atoms with van der Waals surface area (Å²) < 4.78 is 42.0. The van der Waals surface area contributed by atoms with E-state index in [1.807, 2.05) is 0 Å². The maximum atomic E-state index is 14.0. The Morgan fingerprint density at radius 1 is 0.923 bits per heavy atom. The van der Waals surface area contributed by atoms with Crippen LogP contribution in [0.5, 0.6) is 0 Å². The molecule has 39 heavy (non-hydrogen) atoms. The van der Waals surface area contributed by atoms with Crippen molar-refractivity contribution < 1.29 is 22.4 Å². The summed E-state index contributed by atoms with van der Waals surface area (Å²) in [7, 11) is -4.25. The molecule has 0 bridgehead atoms. The maximum Gasteiger partial charge on any atom is 0.264 e. The van der Waals surface area contributed by atoms with Crippen molar-refractivity contribution in [2.75, 3.05) is 10.8 Å². The van der Waals surface area contributed by atoms with Crippen LogP contribution in [0.1, 0.15) is 32.8 Å². The van der Waals surface area contributed by atoms with Crippen LogP contribution >= 0.6 is 23.2 Å². The van der Waals surface area contributed by atoms with Crippen LogP contribution in [0.15, 0.2) is 77.7 Å². The van der Waals surface area contributed by atoms with E-state index in [0.29, 0.717) is 15.6 Å². The molecule has 0 aliphatic rings. The lowest BCUT2D eigenvalue weighted by molar-refractivity contribution is -0.140. The van der Waals surface area contributed by atoms with Crippen molar-refractivity contribution in [2.45, 2.75) is 50.7 Å². The number of sulfonamides is 1. The Kier molecular flexibility index (Phi) is 10.4. The molecule has 0 unspecified atom stereocenters. The van der Waals surface area contributed by atoms with Crippen LogP contribution in [0.2, 0.25) is 10.0 Å². The quantitative estimate of drug-likeness (QED) is 0.311. The highest BCUT2D eigenvalue weighted by molar-refractivity contribution is 7.92. The van der Waals surface area contributed by atoms with Gasteiger partial charge in [-0.2, -0.15) is 0 Å². The zero-order valence-electron chi connectivity index (χ0n) is 21.8. The summed E-state index contributed by atoms with van der Waals surface area (Å²) in [5, 5.41) is 3.41. The van der Waals surface area contributed by atoms with Crippen molar-refractivity contribution >= 4 is 50.7 Å². The molecular weight excluding hydrogens is 564 g/mol. The number of nitrogens with zero attached hydrogens (tertiary/aromatic N) is 2. The van der Waals surface area contributed by atoms with Gasteiger partial charge in [-0.15, -0.1) is 0 Å². The van der Waals surface area contributed by atoms with E-state index in [1.165, 1.54) is 29.2 Å². The third-order valence-corrected chi connectivity index (χ3v) is 8.43. The molecule has 0 heterocycles. The first-order valence-electron chi connectivity index (χ1n) is 12.3. The lowest BCUT2D eigenvalue weighted by atomic mass is 10.1. The fraction of sp³-hybridized carbons (Fsp3) is 0.286. The van der Waals surface area contributed by atoms with Crippen molar-refractivity contribution in [3.8, 4) is 0 Å². The summed E-state index contributed by atoms with van der Waals surface area (Å²) >= 11 is 12.8. The molecule has 3 rings (SSSR count). The molecule has 0 aliphatic heterocycles.